The number of carbonyl (C=O) groups is 1. The van der Waals surface area contributed by atoms with Crippen LogP contribution in [0.4, 0.5) is 0 Å². The van der Waals surface area contributed by atoms with Crippen LogP contribution < -0.4 is 5.73 Å². The molecule has 2 heterocycles. The molecule has 0 atom stereocenters. The van der Waals surface area contributed by atoms with Crippen LogP contribution in [0.15, 0.2) is 0 Å². The van der Waals surface area contributed by atoms with Gasteiger partial charge in [-0.2, -0.15) is 0 Å². The number of rotatable bonds is 2. The molecule has 2 N–H and O–H groups in total. The van der Waals surface area contributed by atoms with Crippen molar-refractivity contribution in [3.8, 4) is 0 Å². The van der Waals surface area contributed by atoms with Crippen molar-refractivity contribution in [3.05, 3.63) is 0 Å². The standard InChI is InChI=1S/C10H19N3O/c11-9-6-12(7-9)8-10(14)13-4-2-1-3-5-13/h9H,1-8,11H2. The third-order valence-electron chi connectivity index (χ3n) is 3.05. The Labute approximate surface area is 85.0 Å². The van der Waals surface area contributed by atoms with Crippen molar-refractivity contribution < 1.29 is 4.79 Å². The maximum Gasteiger partial charge on any atom is 0.236 e. The van der Waals surface area contributed by atoms with E-state index in [0.29, 0.717) is 12.6 Å². The van der Waals surface area contributed by atoms with Crippen molar-refractivity contribution in [1.29, 1.82) is 0 Å². The first-order chi connectivity index (χ1) is 6.75. The van der Waals surface area contributed by atoms with Crippen LogP contribution in [-0.4, -0.2) is 54.5 Å². The Morgan fingerprint density at radius 3 is 2.43 bits per heavy atom. The highest BCUT2D eigenvalue weighted by Crippen LogP contribution is 2.11. The molecule has 4 heteroatoms. The van der Waals surface area contributed by atoms with Gasteiger partial charge < -0.3 is 10.6 Å². The molecule has 14 heavy (non-hydrogen) atoms. The molecule has 0 saturated carbocycles. The molecule has 4 nitrogen and oxygen atoms in total. The minimum absolute atomic E-state index is 0.289. The number of piperidine rings is 1. The van der Waals surface area contributed by atoms with Gasteiger partial charge in [-0.3, -0.25) is 9.69 Å². The molecule has 1 amide bonds. The lowest BCUT2D eigenvalue weighted by Crippen LogP contribution is -2.58. The van der Waals surface area contributed by atoms with E-state index in [0.717, 1.165) is 26.2 Å². The van der Waals surface area contributed by atoms with Gasteiger partial charge in [-0.25, -0.2) is 0 Å². The molecule has 2 fully saturated rings. The van der Waals surface area contributed by atoms with Crippen molar-refractivity contribution in [1.82, 2.24) is 9.80 Å². The molecular weight excluding hydrogens is 178 g/mol. The number of carbonyl (C=O) groups excluding carboxylic acids is 1. The average molecular weight is 197 g/mol. The maximum absolute atomic E-state index is 11.8. The number of amides is 1. The quantitative estimate of drug-likeness (QED) is 0.658. The van der Waals surface area contributed by atoms with Gasteiger partial charge in [0.25, 0.3) is 0 Å². The van der Waals surface area contributed by atoms with E-state index in [4.69, 9.17) is 5.73 Å². The Morgan fingerprint density at radius 1 is 1.21 bits per heavy atom. The van der Waals surface area contributed by atoms with E-state index in [1.807, 2.05) is 4.90 Å². The Kier molecular flexibility index (Phi) is 3.03. The highest BCUT2D eigenvalue weighted by molar-refractivity contribution is 5.78. The van der Waals surface area contributed by atoms with Crippen LogP contribution in [0, 0.1) is 0 Å². The summed E-state index contributed by atoms with van der Waals surface area (Å²) < 4.78 is 0. The van der Waals surface area contributed by atoms with Crippen molar-refractivity contribution in [2.45, 2.75) is 25.3 Å². The summed E-state index contributed by atoms with van der Waals surface area (Å²) in [5.41, 5.74) is 5.66. The van der Waals surface area contributed by atoms with Gasteiger partial charge in [0.1, 0.15) is 0 Å². The Hall–Kier alpha value is -0.610. The molecular formula is C10H19N3O. The van der Waals surface area contributed by atoms with E-state index in [1.165, 1.54) is 19.3 Å². The minimum Gasteiger partial charge on any atom is -0.342 e. The Balaban J connectivity index is 1.71. The molecule has 0 unspecified atom stereocenters. The van der Waals surface area contributed by atoms with Gasteiger partial charge in [0.15, 0.2) is 0 Å². The first-order valence-corrected chi connectivity index (χ1v) is 5.51. The zero-order valence-electron chi connectivity index (χ0n) is 8.61. The summed E-state index contributed by atoms with van der Waals surface area (Å²) in [7, 11) is 0. The zero-order chi connectivity index (χ0) is 9.97. The summed E-state index contributed by atoms with van der Waals surface area (Å²) in [5, 5.41) is 0. The fourth-order valence-electron chi connectivity index (χ4n) is 2.17. The predicted octanol–water partition coefficient (Wildman–Crippen LogP) is -0.358. The van der Waals surface area contributed by atoms with Crippen LogP contribution in [0.3, 0.4) is 0 Å². The lowest BCUT2D eigenvalue weighted by molar-refractivity contribution is -0.134. The smallest absolute Gasteiger partial charge is 0.236 e. The second-order valence-corrected chi connectivity index (χ2v) is 4.40. The molecule has 0 aromatic carbocycles. The summed E-state index contributed by atoms with van der Waals surface area (Å²) in [6.45, 7) is 4.27. The van der Waals surface area contributed by atoms with E-state index in [9.17, 15) is 4.79 Å². The van der Waals surface area contributed by atoms with Crippen molar-refractivity contribution in [2.24, 2.45) is 5.73 Å². The molecule has 2 aliphatic rings. The Bertz CT molecular complexity index is 207. The second kappa shape index (κ2) is 4.28. The molecule has 80 valence electrons. The topological polar surface area (TPSA) is 49.6 Å². The highest BCUT2D eigenvalue weighted by atomic mass is 16.2. The molecule has 0 radical (unpaired) electrons. The van der Waals surface area contributed by atoms with Crippen molar-refractivity contribution >= 4 is 5.91 Å². The van der Waals surface area contributed by atoms with E-state index in [1.54, 1.807) is 0 Å². The molecule has 2 aliphatic heterocycles. The highest BCUT2D eigenvalue weighted by Gasteiger charge is 2.26. The number of nitrogens with two attached hydrogens (primary N) is 1. The zero-order valence-corrected chi connectivity index (χ0v) is 8.61. The van der Waals surface area contributed by atoms with E-state index in [-0.39, 0.29) is 5.91 Å². The lowest BCUT2D eigenvalue weighted by Gasteiger charge is -2.38. The molecule has 0 spiro atoms. The van der Waals surface area contributed by atoms with Gasteiger partial charge >= 0.3 is 0 Å². The molecule has 0 aromatic heterocycles. The largest absolute Gasteiger partial charge is 0.342 e. The first kappa shape index (κ1) is 9.93. The first-order valence-electron chi connectivity index (χ1n) is 5.51. The van der Waals surface area contributed by atoms with Gasteiger partial charge in [-0.15, -0.1) is 0 Å². The maximum atomic E-state index is 11.8. The van der Waals surface area contributed by atoms with Crippen molar-refractivity contribution in [3.63, 3.8) is 0 Å². The average Bonchev–Trinajstić information content (AvgIpc) is 2.17. The monoisotopic (exact) mass is 197 g/mol. The number of hydrogen-bond acceptors (Lipinski definition) is 3. The summed E-state index contributed by atoms with van der Waals surface area (Å²) in [6, 6.07) is 0.296. The lowest BCUT2D eigenvalue weighted by atomic mass is 10.1. The van der Waals surface area contributed by atoms with E-state index < -0.39 is 0 Å². The summed E-state index contributed by atoms with van der Waals surface area (Å²) >= 11 is 0. The van der Waals surface area contributed by atoms with Crippen LogP contribution in [0.1, 0.15) is 19.3 Å². The predicted molar refractivity (Wildman–Crippen MR) is 54.8 cm³/mol. The third kappa shape index (κ3) is 2.25. The Morgan fingerprint density at radius 2 is 1.86 bits per heavy atom. The molecule has 0 aromatic rings. The van der Waals surface area contributed by atoms with Gasteiger partial charge in [0, 0.05) is 32.2 Å². The van der Waals surface area contributed by atoms with Crippen LogP contribution in [0.5, 0.6) is 0 Å². The van der Waals surface area contributed by atoms with E-state index >= 15 is 0 Å². The van der Waals surface area contributed by atoms with Crippen LogP contribution in [-0.2, 0) is 4.79 Å². The normalized spacial score (nSPS) is 24.8. The number of likely N-dealkylation sites (tertiary alicyclic amines) is 2. The fourth-order valence-corrected chi connectivity index (χ4v) is 2.17. The van der Waals surface area contributed by atoms with Gasteiger partial charge in [-0.05, 0) is 19.3 Å². The van der Waals surface area contributed by atoms with Crippen LogP contribution in [0.2, 0.25) is 0 Å². The molecule has 2 saturated heterocycles. The van der Waals surface area contributed by atoms with E-state index in [2.05, 4.69) is 4.90 Å². The fraction of sp³-hybridized carbons (Fsp3) is 0.900. The van der Waals surface area contributed by atoms with Gasteiger partial charge in [-0.1, -0.05) is 0 Å². The number of nitrogens with zero attached hydrogens (tertiary/aromatic N) is 2. The second-order valence-electron chi connectivity index (χ2n) is 4.40. The number of hydrogen-bond donors (Lipinski definition) is 1. The third-order valence-corrected chi connectivity index (χ3v) is 3.05. The van der Waals surface area contributed by atoms with Gasteiger partial charge in [0.05, 0.1) is 6.54 Å². The summed E-state index contributed by atoms with van der Waals surface area (Å²) in [5.74, 6) is 0.289. The van der Waals surface area contributed by atoms with Crippen LogP contribution in [0.25, 0.3) is 0 Å². The van der Waals surface area contributed by atoms with Gasteiger partial charge in [0.2, 0.25) is 5.91 Å². The summed E-state index contributed by atoms with van der Waals surface area (Å²) in [4.78, 5) is 15.9. The molecule has 0 aliphatic carbocycles. The van der Waals surface area contributed by atoms with Crippen molar-refractivity contribution in [2.75, 3.05) is 32.7 Å². The SMILES string of the molecule is NC1CN(CC(=O)N2CCCCC2)C1. The molecule has 0 bridgehead atoms. The summed E-state index contributed by atoms with van der Waals surface area (Å²) in [6.07, 6.45) is 3.62. The minimum atomic E-state index is 0.289. The van der Waals surface area contributed by atoms with Crippen LogP contribution >= 0.6 is 0 Å². The molecule has 2 rings (SSSR count).